The van der Waals surface area contributed by atoms with Crippen LogP contribution < -0.4 is 0 Å². The lowest BCUT2D eigenvalue weighted by Crippen LogP contribution is -1.95. The molecule has 0 saturated heterocycles. The number of rotatable bonds is 3. The molecule has 70 valence electrons. The Morgan fingerprint density at radius 1 is 1.31 bits per heavy atom. The molecule has 0 heterocycles. The molecule has 0 N–H and O–H groups in total. The van der Waals surface area contributed by atoms with Crippen molar-refractivity contribution in [2.24, 2.45) is 5.92 Å². The number of hydrogen-bond donors (Lipinski definition) is 0. The molecule has 0 atom stereocenters. The Labute approximate surface area is 79.6 Å². The van der Waals surface area contributed by atoms with Crippen molar-refractivity contribution in [3.63, 3.8) is 0 Å². The Kier molecular flexibility index (Phi) is 4.76. The number of nitrogens with zero attached hydrogens (tertiary/aromatic N) is 1. The van der Waals surface area contributed by atoms with E-state index in [2.05, 4.69) is 0 Å². The van der Waals surface area contributed by atoms with Gasteiger partial charge in [0.1, 0.15) is 0 Å². The van der Waals surface area contributed by atoms with Crippen molar-refractivity contribution in [3.8, 4) is 6.07 Å². The van der Waals surface area contributed by atoms with Gasteiger partial charge in [0.15, 0.2) is 5.78 Å². The van der Waals surface area contributed by atoms with Gasteiger partial charge >= 0.3 is 0 Å². The second kappa shape index (κ2) is 5.31. The highest BCUT2D eigenvalue weighted by molar-refractivity contribution is 5.88. The van der Waals surface area contributed by atoms with Crippen LogP contribution in [0.3, 0.4) is 0 Å². The van der Waals surface area contributed by atoms with Gasteiger partial charge in [0, 0.05) is 5.57 Å². The predicted octanol–water partition coefficient (Wildman–Crippen LogP) is 2.63. The summed E-state index contributed by atoms with van der Waals surface area (Å²) < 4.78 is 0. The SMILES string of the molecule is CC(=O)/C=C(/C=C(\C)C#N)C(C)C. The van der Waals surface area contributed by atoms with E-state index in [1.54, 1.807) is 19.1 Å². The molecule has 0 rings (SSSR count). The molecule has 13 heavy (non-hydrogen) atoms. The van der Waals surface area contributed by atoms with Gasteiger partial charge in [0.2, 0.25) is 0 Å². The van der Waals surface area contributed by atoms with Crippen LogP contribution in [0.25, 0.3) is 0 Å². The first kappa shape index (κ1) is 11.6. The van der Waals surface area contributed by atoms with Crippen LogP contribution in [0, 0.1) is 17.2 Å². The third-order valence-corrected chi connectivity index (χ3v) is 1.60. The van der Waals surface area contributed by atoms with Crippen LogP contribution in [0.4, 0.5) is 0 Å². The van der Waals surface area contributed by atoms with Crippen LogP contribution in [0.2, 0.25) is 0 Å². The van der Waals surface area contributed by atoms with Crippen molar-refractivity contribution in [1.82, 2.24) is 0 Å². The third kappa shape index (κ3) is 4.97. The number of nitriles is 1. The van der Waals surface area contributed by atoms with Gasteiger partial charge in [-0.25, -0.2) is 0 Å². The molecule has 2 nitrogen and oxygen atoms in total. The zero-order chi connectivity index (χ0) is 10.4. The fraction of sp³-hybridized carbons (Fsp3) is 0.455. The van der Waals surface area contributed by atoms with Crippen molar-refractivity contribution in [3.05, 3.63) is 23.3 Å². The van der Waals surface area contributed by atoms with Crippen LogP contribution in [-0.4, -0.2) is 5.78 Å². The van der Waals surface area contributed by atoms with Gasteiger partial charge in [-0.3, -0.25) is 4.79 Å². The number of carbonyl (C=O) groups excluding carboxylic acids is 1. The van der Waals surface area contributed by atoms with Gasteiger partial charge in [-0.2, -0.15) is 5.26 Å². The average Bonchev–Trinajstić information content (AvgIpc) is 2.02. The van der Waals surface area contributed by atoms with E-state index < -0.39 is 0 Å². The van der Waals surface area contributed by atoms with E-state index in [0.29, 0.717) is 5.57 Å². The van der Waals surface area contributed by atoms with Crippen molar-refractivity contribution >= 4 is 5.78 Å². The lowest BCUT2D eigenvalue weighted by molar-refractivity contribution is -0.112. The molecule has 0 radical (unpaired) electrons. The molecule has 0 saturated carbocycles. The van der Waals surface area contributed by atoms with Crippen LogP contribution in [0.5, 0.6) is 0 Å². The van der Waals surface area contributed by atoms with E-state index >= 15 is 0 Å². The smallest absolute Gasteiger partial charge is 0.152 e. The molecule has 0 bridgehead atoms. The minimum atomic E-state index is 0.0192. The molecule has 2 heteroatoms. The van der Waals surface area contributed by atoms with Gasteiger partial charge in [-0.05, 0) is 37.5 Å². The molecule has 0 unspecified atom stereocenters. The maximum atomic E-state index is 10.8. The first-order valence-corrected chi connectivity index (χ1v) is 4.28. The fourth-order valence-electron chi connectivity index (χ4n) is 0.892. The Morgan fingerprint density at radius 2 is 1.85 bits per heavy atom. The summed E-state index contributed by atoms with van der Waals surface area (Å²) in [6.45, 7) is 7.24. The molecule has 0 aromatic carbocycles. The summed E-state index contributed by atoms with van der Waals surface area (Å²) in [5.41, 5.74) is 1.53. The summed E-state index contributed by atoms with van der Waals surface area (Å²) in [6, 6.07) is 2.03. The normalized spacial score (nSPS) is 12.9. The lowest BCUT2D eigenvalue weighted by atomic mass is 10.00. The molecular formula is C11H15NO. The molecule has 0 aromatic heterocycles. The van der Waals surface area contributed by atoms with E-state index in [9.17, 15) is 4.79 Å². The molecular weight excluding hydrogens is 162 g/mol. The molecule has 0 fully saturated rings. The zero-order valence-corrected chi connectivity index (χ0v) is 8.59. The topological polar surface area (TPSA) is 40.9 Å². The van der Waals surface area contributed by atoms with Crippen molar-refractivity contribution in [1.29, 1.82) is 5.26 Å². The number of ketones is 1. The van der Waals surface area contributed by atoms with Gasteiger partial charge in [-0.1, -0.05) is 13.8 Å². The van der Waals surface area contributed by atoms with Gasteiger partial charge in [0.25, 0.3) is 0 Å². The Balaban J connectivity index is 4.87. The van der Waals surface area contributed by atoms with Gasteiger partial charge < -0.3 is 0 Å². The second-order valence-electron chi connectivity index (χ2n) is 3.35. The van der Waals surface area contributed by atoms with E-state index in [1.807, 2.05) is 19.9 Å². The minimum absolute atomic E-state index is 0.0192. The Hall–Kier alpha value is -1.36. The van der Waals surface area contributed by atoms with Crippen LogP contribution in [0.1, 0.15) is 27.7 Å². The molecule has 0 spiro atoms. The summed E-state index contributed by atoms with van der Waals surface area (Å²) in [6.07, 6.45) is 3.33. The third-order valence-electron chi connectivity index (χ3n) is 1.60. The number of allylic oxidation sites excluding steroid dienone is 4. The number of carbonyl (C=O) groups is 1. The standard InChI is InChI=1S/C11H15NO/c1-8(2)11(6-10(4)13)5-9(3)7-12/h5-6,8H,1-4H3/b9-5+,11-6-. The summed E-state index contributed by atoms with van der Waals surface area (Å²) in [4.78, 5) is 10.8. The van der Waals surface area contributed by atoms with Gasteiger partial charge in [-0.15, -0.1) is 0 Å². The van der Waals surface area contributed by atoms with E-state index in [4.69, 9.17) is 5.26 Å². The highest BCUT2D eigenvalue weighted by Gasteiger charge is 2.01. The Bertz CT molecular complexity index is 290. The average molecular weight is 177 g/mol. The highest BCUT2D eigenvalue weighted by atomic mass is 16.1. The summed E-state index contributed by atoms with van der Waals surface area (Å²) in [5.74, 6) is 0.290. The molecule has 0 aliphatic rings. The molecule has 0 aliphatic heterocycles. The predicted molar refractivity (Wildman–Crippen MR) is 53.0 cm³/mol. The van der Waals surface area contributed by atoms with Crippen molar-refractivity contribution in [2.45, 2.75) is 27.7 Å². The second-order valence-corrected chi connectivity index (χ2v) is 3.35. The zero-order valence-electron chi connectivity index (χ0n) is 8.59. The quantitative estimate of drug-likeness (QED) is 0.377. The highest BCUT2D eigenvalue weighted by Crippen LogP contribution is 2.13. The van der Waals surface area contributed by atoms with E-state index in [0.717, 1.165) is 5.57 Å². The van der Waals surface area contributed by atoms with E-state index in [1.165, 1.54) is 6.92 Å². The maximum Gasteiger partial charge on any atom is 0.152 e. The van der Waals surface area contributed by atoms with Crippen LogP contribution >= 0.6 is 0 Å². The maximum absolute atomic E-state index is 10.8. The van der Waals surface area contributed by atoms with Crippen molar-refractivity contribution in [2.75, 3.05) is 0 Å². The van der Waals surface area contributed by atoms with Crippen molar-refractivity contribution < 1.29 is 4.79 Å². The van der Waals surface area contributed by atoms with Gasteiger partial charge in [0.05, 0.1) is 6.07 Å². The monoisotopic (exact) mass is 177 g/mol. The lowest BCUT2D eigenvalue weighted by Gasteiger charge is -2.05. The minimum Gasteiger partial charge on any atom is -0.295 e. The van der Waals surface area contributed by atoms with E-state index in [-0.39, 0.29) is 11.7 Å². The fourth-order valence-corrected chi connectivity index (χ4v) is 0.892. The van der Waals surface area contributed by atoms with Crippen LogP contribution in [0.15, 0.2) is 23.3 Å². The molecule has 0 amide bonds. The summed E-state index contributed by atoms with van der Waals surface area (Å²) >= 11 is 0. The summed E-state index contributed by atoms with van der Waals surface area (Å²) in [5, 5.41) is 8.57. The Morgan fingerprint density at radius 3 is 2.15 bits per heavy atom. The first-order valence-electron chi connectivity index (χ1n) is 4.28. The number of hydrogen-bond acceptors (Lipinski definition) is 2. The first-order chi connectivity index (χ1) is 5.97. The summed E-state index contributed by atoms with van der Waals surface area (Å²) in [7, 11) is 0. The van der Waals surface area contributed by atoms with Crippen LogP contribution in [-0.2, 0) is 4.79 Å². The molecule has 0 aliphatic carbocycles. The molecule has 0 aromatic rings. The largest absolute Gasteiger partial charge is 0.295 e.